The quantitative estimate of drug-likeness (QED) is 0.864. The monoisotopic (exact) mass is 352 g/mol. The van der Waals surface area contributed by atoms with E-state index in [1.165, 1.54) is 5.56 Å². The number of carbonyl (C=O) groups excluding carboxylic acids is 1. The summed E-state index contributed by atoms with van der Waals surface area (Å²) in [6.45, 7) is 1.37. The van der Waals surface area contributed by atoms with Gasteiger partial charge >= 0.3 is 0 Å². The van der Waals surface area contributed by atoms with Crippen molar-refractivity contribution >= 4 is 33.4 Å². The van der Waals surface area contributed by atoms with Crippen molar-refractivity contribution in [2.75, 3.05) is 0 Å². The Bertz CT molecular complexity index is 631. The minimum Gasteiger partial charge on any atom is -0.366 e. The number of amides is 1. The van der Waals surface area contributed by atoms with Crippen LogP contribution in [0.1, 0.15) is 21.5 Å². The molecular formula is C15H14BrClN2O. The Morgan fingerprint density at radius 1 is 1.20 bits per heavy atom. The minimum atomic E-state index is -0.472. The van der Waals surface area contributed by atoms with Gasteiger partial charge in [-0.1, -0.05) is 45.7 Å². The summed E-state index contributed by atoms with van der Waals surface area (Å²) in [6.07, 6.45) is 0. The maximum atomic E-state index is 11.0. The number of hydrogen-bond acceptors (Lipinski definition) is 2. The highest BCUT2D eigenvalue weighted by Gasteiger charge is 2.05. The van der Waals surface area contributed by atoms with Crippen molar-refractivity contribution in [2.45, 2.75) is 13.1 Å². The molecule has 0 atom stereocenters. The maximum absolute atomic E-state index is 11.0. The van der Waals surface area contributed by atoms with Crippen LogP contribution in [-0.4, -0.2) is 5.91 Å². The third-order valence-electron chi connectivity index (χ3n) is 2.87. The van der Waals surface area contributed by atoms with E-state index in [-0.39, 0.29) is 0 Å². The Labute approximate surface area is 131 Å². The van der Waals surface area contributed by atoms with Crippen LogP contribution in [-0.2, 0) is 13.1 Å². The molecule has 3 N–H and O–H groups in total. The Hall–Kier alpha value is -1.36. The largest absolute Gasteiger partial charge is 0.366 e. The van der Waals surface area contributed by atoms with Crippen molar-refractivity contribution in [3.05, 3.63) is 68.7 Å². The molecule has 5 heteroatoms. The van der Waals surface area contributed by atoms with E-state index in [1.54, 1.807) is 12.1 Å². The number of carbonyl (C=O) groups is 1. The molecule has 104 valence electrons. The van der Waals surface area contributed by atoms with Crippen molar-refractivity contribution in [1.29, 1.82) is 0 Å². The molecule has 3 nitrogen and oxygen atoms in total. The van der Waals surface area contributed by atoms with Crippen molar-refractivity contribution in [2.24, 2.45) is 5.73 Å². The van der Waals surface area contributed by atoms with Crippen LogP contribution >= 0.6 is 27.5 Å². The number of rotatable bonds is 5. The number of halogens is 2. The van der Waals surface area contributed by atoms with E-state index >= 15 is 0 Å². The fraction of sp³-hybridized carbons (Fsp3) is 0.133. The zero-order valence-electron chi connectivity index (χ0n) is 10.7. The van der Waals surface area contributed by atoms with Crippen molar-refractivity contribution in [1.82, 2.24) is 5.32 Å². The lowest BCUT2D eigenvalue weighted by atomic mass is 10.1. The van der Waals surface area contributed by atoms with Gasteiger partial charge in [0.2, 0.25) is 5.91 Å². The second kappa shape index (κ2) is 6.88. The summed E-state index contributed by atoms with van der Waals surface area (Å²) in [5, 5.41) is 3.86. The fourth-order valence-corrected chi connectivity index (χ4v) is 2.53. The summed E-state index contributed by atoms with van der Waals surface area (Å²) in [6, 6.07) is 13.2. The van der Waals surface area contributed by atoms with E-state index in [1.807, 2.05) is 18.2 Å². The molecule has 2 aromatic carbocycles. The van der Waals surface area contributed by atoms with E-state index in [0.717, 1.165) is 16.6 Å². The van der Waals surface area contributed by atoms with E-state index in [9.17, 15) is 4.79 Å². The van der Waals surface area contributed by atoms with Gasteiger partial charge in [-0.2, -0.15) is 0 Å². The lowest BCUT2D eigenvalue weighted by Gasteiger charge is -2.08. The molecule has 0 saturated heterocycles. The normalized spacial score (nSPS) is 10.5. The summed E-state index contributed by atoms with van der Waals surface area (Å²) in [5.41, 5.74) is 7.75. The molecule has 0 aliphatic rings. The first-order valence-corrected chi connectivity index (χ1v) is 7.27. The van der Waals surface area contributed by atoms with Gasteiger partial charge in [0.1, 0.15) is 0 Å². The first-order valence-electron chi connectivity index (χ1n) is 6.09. The van der Waals surface area contributed by atoms with E-state index in [4.69, 9.17) is 17.3 Å². The third kappa shape index (κ3) is 4.07. The van der Waals surface area contributed by atoms with Crippen LogP contribution in [0.15, 0.2) is 46.9 Å². The highest BCUT2D eigenvalue weighted by Crippen LogP contribution is 2.18. The van der Waals surface area contributed by atoms with Gasteiger partial charge in [-0.05, 0) is 35.4 Å². The molecule has 1 amide bonds. The summed E-state index contributed by atoms with van der Waals surface area (Å²) in [7, 11) is 0. The Morgan fingerprint density at radius 2 is 2.00 bits per heavy atom. The van der Waals surface area contributed by atoms with Gasteiger partial charge in [0, 0.05) is 28.1 Å². The van der Waals surface area contributed by atoms with Crippen LogP contribution in [0.25, 0.3) is 0 Å². The zero-order valence-corrected chi connectivity index (χ0v) is 13.0. The molecule has 0 spiro atoms. The van der Waals surface area contributed by atoms with Gasteiger partial charge in [0.15, 0.2) is 0 Å². The van der Waals surface area contributed by atoms with E-state index in [0.29, 0.717) is 17.1 Å². The predicted molar refractivity (Wildman–Crippen MR) is 84.7 cm³/mol. The summed E-state index contributed by atoms with van der Waals surface area (Å²) in [4.78, 5) is 11.0. The summed E-state index contributed by atoms with van der Waals surface area (Å²) in [5.74, 6) is -0.472. The Kier molecular flexibility index (Phi) is 5.17. The average Bonchev–Trinajstić information content (AvgIpc) is 2.40. The second-order valence-corrected chi connectivity index (χ2v) is 5.73. The second-order valence-electron chi connectivity index (χ2n) is 4.40. The molecule has 0 aliphatic heterocycles. The molecule has 0 fully saturated rings. The topological polar surface area (TPSA) is 55.1 Å². The lowest BCUT2D eigenvalue weighted by Crippen LogP contribution is -2.14. The van der Waals surface area contributed by atoms with Crippen molar-refractivity contribution < 1.29 is 4.79 Å². The molecule has 0 aromatic heterocycles. The van der Waals surface area contributed by atoms with Gasteiger partial charge in [-0.25, -0.2) is 0 Å². The molecule has 0 saturated carbocycles. The number of nitrogens with two attached hydrogens (primary N) is 1. The van der Waals surface area contributed by atoms with Crippen LogP contribution in [0.5, 0.6) is 0 Å². The van der Waals surface area contributed by atoms with Gasteiger partial charge in [-0.15, -0.1) is 0 Å². The maximum Gasteiger partial charge on any atom is 0.248 e. The summed E-state index contributed by atoms with van der Waals surface area (Å²) >= 11 is 9.56. The van der Waals surface area contributed by atoms with Crippen LogP contribution in [0.3, 0.4) is 0 Å². The SMILES string of the molecule is NC(=O)c1ccc(CNCc2cccc(Br)c2)c(Cl)c1. The molecule has 0 unspecified atom stereocenters. The van der Waals surface area contributed by atoms with Crippen LogP contribution < -0.4 is 11.1 Å². The van der Waals surface area contributed by atoms with Gasteiger partial charge < -0.3 is 11.1 Å². The van der Waals surface area contributed by atoms with Gasteiger partial charge in [0.05, 0.1) is 0 Å². The molecule has 0 radical (unpaired) electrons. The molecule has 2 aromatic rings. The molecule has 0 bridgehead atoms. The van der Waals surface area contributed by atoms with Crippen LogP contribution in [0.2, 0.25) is 5.02 Å². The van der Waals surface area contributed by atoms with Crippen molar-refractivity contribution in [3.63, 3.8) is 0 Å². The standard InChI is InChI=1S/C15H14BrClN2O/c16-13-3-1-2-10(6-13)8-19-9-12-5-4-11(15(18)20)7-14(12)17/h1-7,19H,8-9H2,(H2,18,20). The molecule has 2 rings (SSSR count). The molecule has 20 heavy (non-hydrogen) atoms. The van der Waals surface area contributed by atoms with Crippen LogP contribution in [0, 0.1) is 0 Å². The fourth-order valence-electron chi connectivity index (χ4n) is 1.83. The van der Waals surface area contributed by atoms with Crippen LogP contribution in [0.4, 0.5) is 0 Å². The van der Waals surface area contributed by atoms with Crippen molar-refractivity contribution in [3.8, 4) is 0 Å². The van der Waals surface area contributed by atoms with Gasteiger partial charge in [0.25, 0.3) is 0 Å². The third-order valence-corrected chi connectivity index (χ3v) is 3.72. The predicted octanol–water partition coefficient (Wildman–Crippen LogP) is 3.49. The first-order chi connectivity index (χ1) is 9.56. The molecule has 0 heterocycles. The number of benzene rings is 2. The van der Waals surface area contributed by atoms with E-state index in [2.05, 4.69) is 33.4 Å². The van der Waals surface area contributed by atoms with E-state index < -0.39 is 5.91 Å². The Morgan fingerprint density at radius 3 is 2.65 bits per heavy atom. The Balaban J connectivity index is 1.96. The average molecular weight is 354 g/mol. The highest BCUT2D eigenvalue weighted by molar-refractivity contribution is 9.10. The molecule has 0 aliphatic carbocycles. The van der Waals surface area contributed by atoms with Gasteiger partial charge in [-0.3, -0.25) is 4.79 Å². The minimum absolute atomic E-state index is 0.422. The summed E-state index contributed by atoms with van der Waals surface area (Å²) < 4.78 is 1.06. The number of primary amides is 1. The zero-order chi connectivity index (χ0) is 14.5. The smallest absolute Gasteiger partial charge is 0.248 e. The molecular weight excluding hydrogens is 340 g/mol. The lowest BCUT2D eigenvalue weighted by molar-refractivity contribution is 0.100. The number of nitrogens with one attached hydrogen (secondary N) is 1. The highest BCUT2D eigenvalue weighted by atomic mass is 79.9. The number of hydrogen-bond donors (Lipinski definition) is 2. The first kappa shape index (κ1) is 15.0.